The van der Waals surface area contributed by atoms with Gasteiger partial charge in [0.1, 0.15) is 5.76 Å². The van der Waals surface area contributed by atoms with Gasteiger partial charge in [-0.3, -0.25) is 14.6 Å². The topological polar surface area (TPSA) is 61.6 Å². The van der Waals surface area contributed by atoms with E-state index >= 15 is 0 Å². The fourth-order valence-electron chi connectivity index (χ4n) is 2.81. The van der Waals surface area contributed by atoms with Crippen molar-refractivity contribution in [2.24, 2.45) is 0 Å². The summed E-state index contributed by atoms with van der Waals surface area (Å²) in [7, 11) is 0. The predicted octanol–water partition coefficient (Wildman–Crippen LogP) is 3.16. The van der Waals surface area contributed by atoms with Crippen molar-refractivity contribution >= 4 is 39.1 Å². The highest BCUT2D eigenvalue weighted by atomic mass is 79.9. The minimum atomic E-state index is -0.0511. The summed E-state index contributed by atoms with van der Waals surface area (Å²) in [6.07, 6.45) is 0. The van der Waals surface area contributed by atoms with E-state index in [9.17, 15) is 4.79 Å². The van der Waals surface area contributed by atoms with Crippen LogP contribution in [0.25, 0.3) is 0 Å². The predicted molar refractivity (Wildman–Crippen MR) is 101 cm³/mol. The maximum absolute atomic E-state index is 12.2. The van der Waals surface area contributed by atoms with Gasteiger partial charge in [0.25, 0.3) is 0 Å². The summed E-state index contributed by atoms with van der Waals surface area (Å²) in [5.41, 5.74) is 1.59. The Hall–Kier alpha value is -1.41. The number of carbonyl (C=O) groups is 1. The number of rotatable bonds is 5. The number of carbonyl (C=O) groups excluding carboxylic acids is 1. The molecule has 1 aromatic heterocycles. The molecule has 1 aliphatic heterocycles. The number of amides is 1. The number of piperazine rings is 1. The van der Waals surface area contributed by atoms with E-state index in [1.54, 1.807) is 12.1 Å². The lowest BCUT2D eigenvalue weighted by Crippen LogP contribution is -2.48. The van der Waals surface area contributed by atoms with Crippen LogP contribution in [-0.2, 0) is 11.3 Å². The molecule has 1 aromatic carbocycles. The van der Waals surface area contributed by atoms with Crippen LogP contribution in [0.3, 0.4) is 0 Å². The second-order valence-corrected chi connectivity index (χ2v) is 7.48. The summed E-state index contributed by atoms with van der Waals surface area (Å²) in [6, 6.07) is 7.37. The molecule has 1 fully saturated rings. The van der Waals surface area contributed by atoms with Gasteiger partial charge in [0, 0.05) is 43.3 Å². The molecule has 2 aromatic rings. The van der Waals surface area contributed by atoms with Gasteiger partial charge in [-0.15, -0.1) is 0 Å². The molecule has 134 valence electrons. The number of halogens is 2. The van der Waals surface area contributed by atoms with Gasteiger partial charge in [-0.05, 0) is 25.1 Å². The number of nitrogens with zero attached hydrogens (tertiary/aromatic N) is 3. The molecule has 1 aliphatic rings. The molecule has 25 heavy (non-hydrogen) atoms. The van der Waals surface area contributed by atoms with Gasteiger partial charge in [0.05, 0.1) is 22.9 Å². The van der Waals surface area contributed by atoms with Gasteiger partial charge in [0.2, 0.25) is 5.91 Å². The molecule has 1 N–H and O–H groups in total. The van der Waals surface area contributed by atoms with Crippen LogP contribution in [0.5, 0.6) is 0 Å². The molecule has 3 rings (SSSR count). The number of aromatic nitrogens is 1. The number of anilines is 1. The summed E-state index contributed by atoms with van der Waals surface area (Å²) in [4.78, 5) is 16.7. The first kappa shape index (κ1) is 18.4. The summed E-state index contributed by atoms with van der Waals surface area (Å²) in [5, 5.41) is 7.42. The minimum Gasteiger partial charge on any atom is -0.361 e. The molecule has 2 heterocycles. The monoisotopic (exact) mass is 426 g/mol. The van der Waals surface area contributed by atoms with E-state index in [1.165, 1.54) is 0 Å². The van der Waals surface area contributed by atoms with Crippen LogP contribution in [0.15, 0.2) is 33.3 Å². The molecule has 0 bridgehead atoms. The smallest absolute Gasteiger partial charge is 0.238 e. The second kappa shape index (κ2) is 8.31. The largest absolute Gasteiger partial charge is 0.361 e. The van der Waals surface area contributed by atoms with Crippen molar-refractivity contribution in [2.45, 2.75) is 13.5 Å². The molecule has 0 unspecified atom stereocenters. The van der Waals surface area contributed by atoms with E-state index in [2.05, 4.69) is 36.2 Å². The number of hydrogen-bond acceptors (Lipinski definition) is 5. The fraction of sp³-hybridized carbons (Fsp3) is 0.412. The zero-order valence-corrected chi connectivity index (χ0v) is 16.3. The molecule has 0 radical (unpaired) electrons. The summed E-state index contributed by atoms with van der Waals surface area (Å²) >= 11 is 9.49. The Morgan fingerprint density at radius 3 is 2.64 bits per heavy atom. The van der Waals surface area contributed by atoms with Crippen LogP contribution in [0.2, 0.25) is 5.02 Å². The van der Waals surface area contributed by atoms with Crippen molar-refractivity contribution in [3.8, 4) is 0 Å². The fourth-order valence-corrected chi connectivity index (χ4v) is 3.53. The second-order valence-electron chi connectivity index (χ2n) is 6.15. The number of benzene rings is 1. The van der Waals surface area contributed by atoms with Crippen molar-refractivity contribution in [1.29, 1.82) is 0 Å². The van der Waals surface area contributed by atoms with Gasteiger partial charge >= 0.3 is 0 Å². The third-order valence-corrected chi connectivity index (χ3v) is 4.91. The van der Waals surface area contributed by atoms with Gasteiger partial charge in [-0.25, -0.2) is 0 Å². The summed E-state index contributed by atoms with van der Waals surface area (Å²) < 4.78 is 5.98. The number of aryl methyl sites for hydroxylation is 1. The van der Waals surface area contributed by atoms with E-state index in [0.717, 1.165) is 48.7 Å². The molecular weight excluding hydrogens is 408 g/mol. The summed E-state index contributed by atoms with van der Waals surface area (Å²) in [6.45, 7) is 6.53. The van der Waals surface area contributed by atoms with Crippen molar-refractivity contribution in [1.82, 2.24) is 15.0 Å². The number of nitrogens with one attached hydrogen (secondary N) is 1. The highest BCUT2D eigenvalue weighted by molar-refractivity contribution is 9.10. The summed E-state index contributed by atoms with van der Waals surface area (Å²) in [5.74, 6) is 0.779. The average Bonchev–Trinajstić information content (AvgIpc) is 2.97. The van der Waals surface area contributed by atoms with Gasteiger partial charge in [-0.2, -0.15) is 0 Å². The lowest BCUT2D eigenvalue weighted by Gasteiger charge is -2.33. The van der Waals surface area contributed by atoms with Crippen LogP contribution in [0, 0.1) is 6.92 Å². The SMILES string of the molecule is Cc1cc(CN2CCN(CC(=O)Nc3ccc(Br)cc3Cl)CC2)no1. The first-order valence-electron chi connectivity index (χ1n) is 8.11. The Balaban J connectivity index is 1.44. The molecule has 1 amide bonds. The molecular formula is C17H20BrClN4O2. The zero-order chi connectivity index (χ0) is 17.8. The third kappa shape index (κ3) is 5.28. The van der Waals surface area contributed by atoms with Crippen LogP contribution in [-0.4, -0.2) is 53.6 Å². The van der Waals surface area contributed by atoms with E-state index in [1.807, 2.05) is 19.1 Å². The van der Waals surface area contributed by atoms with Crippen LogP contribution in [0.1, 0.15) is 11.5 Å². The molecule has 1 saturated heterocycles. The van der Waals surface area contributed by atoms with Crippen LogP contribution < -0.4 is 5.32 Å². The van der Waals surface area contributed by atoms with E-state index in [4.69, 9.17) is 16.1 Å². The molecule has 0 saturated carbocycles. The lowest BCUT2D eigenvalue weighted by molar-refractivity contribution is -0.117. The Morgan fingerprint density at radius 1 is 1.28 bits per heavy atom. The van der Waals surface area contributed by atoms with Crippen molar-refractivity contribution in [3.63, 3.8) is 0 Å². The number of hydrogen-bond donors (Lipinski definition) is 1. The van der Waals surface area contributed by atoms with Crippen molar-refractivity contribution in [3.05, 3.63) is 45.2 Å². The maximum atomic E-state index is 12.2. The highest BCUT2D eigenvalue weighted by Gasteiger charge is 2.20. The van der Waals surface area contributed by atoms with Crippen molar-refractivity contribution in [2.75, 3.05) is 38.0 Å². The zero-order valence-electron chi connectivity index (χ0n) is 14.0. The normalized spacial score (nSPS) is 16.1. The van der Waals surface area contributed by atoms with E-state index in [-0.39, 0.29) is 5.91 Å². The standard InChI is InChI=1S/C17H20BrClN4O2/c1-12-8-14(21-25-12)10-22-4-6-23(7-5-22)11-17(24)20-16-3-2-13(18)9-15(16)19/h2-3,8-9H,4-7,10-11H2,1H3,(H,20,24). The molecule has 6 nitrogen and oxygen atoms in total. The average molecular weight is 428 g/mol. The van der Waals surface area contributed by atoms with Gasteiger partial charge < -0.3 is 9.84 Å². The highest BCUT2D eigenvalue weighted by Crippen LogP contribution is 2.25. The van der Waals surface area contributed by atoms with Crippen molar-refractivity contribution < 1.29 is 9.32 Å². The Morgan fingerprint density at radius 2 is 2.00 bits per heavy atom. The quantitative estimate of drug-likeness (QED) is 0.794. The Kier molecular flexibility index (Phi) is 6.11. The third-order valence-electron chi connectivity index (χ3n) is 4.10. The van der Waals surface area contributed by atoms with Crippen LogP contribution in [0.4, 0.5) is 5.69 Å². The molecule has 0 aliphatic carbocycles. The Bertz CT molecular complexity index is 744. The first-order valence-corrected chi connectivity index (χ1v) is 9.28. The van der Waals surface area contributed by atoms with Gasteiger partial charge in [0.15, 0.2) is 0 Å². The van der Waals surface area contributed by atoms with E-state index in [0.29, 0.717) is 17.3 Å². The van der Waals surface area contributed by atoms with E-state index < -0.39 is 0 Å². The maximum Gasteiger partial charge on any atom is 0.238 e. The lowest BCUT2D eigenvalue weighted by atomic mass is 10.2. The minimum absolute atomic E-state index is 0.0511. The first-order chi connectivity index (χ1) is 12.0. The Labute approximate surface area is 160 Å². The van der Waals surface area contributed by atoms with Crippen LogP contribution >= 0.6 is 27.5 Å². The molecule has 0 atom stereocenters. The molecule has 0 spiro atoms. The molecule has 8 heteroatoms. The van der Waals surface area contributed by atoms with Gasteiger partial charge in [-0.1, -0.05) is 32.7 Å².